The van der Waals surface area contributed by atoms with E-state index in [0.29, 0.717) is 0 Å². The van der Waals surface area contributed by atoms with E-state index >= 15 is 0 Å². The number of nitrogens with one attached hydrogen (secondary N) is 1. The highest BCUT2D eigenvalue weighted by atomic mass is 16.1. The van der Waals surface area contributed by atoms with Crippen LogP contribution < -0.4 is 5.32 Å². The second-order valence-electron chi connectivity index (χ2n) is 5.84. The summed E-state index contributed by atoms with van der Waals surface area (Å²) in [4.78, 5) is 12.2. The summed E-state index contributed by atoms with van der Waals surface area (Å²) in [6.45, 7) is 8.72. The lowest BCUT2D eigenvalue weighted by molar-refractivity contribution is 0.0938. The van der Waals surface area contributed by atoms with Gasteiger partial charge >= 0.3 is 0 Å². The zero-order chi connectivity index (χ0) is 15.4. The van der Waals surface area contributed by atoms with Crippen LogP contribution >= 0.6 is 0 Å². The third-order valence-corrected chi connectivity index (χ3v) is 3.69. The summed E-state index contributed by atoms with van der Waals surface area (Å²) in [6.07, 6.45) is 0. The van der Waals surface area contributed by atoms with Gasteiger partial charge in [-0.2, -0.15) is 0 Å². The predicted molar refractivity (Wildman–Crippen MR) is 88.9 cm³/mol. The van der Waals surface area contributed by atoms with Gasteiger partial charge in [-0.05, 0) is 42.7 Å². The first-order valence-corrected chi connectivity index (χ1v) is 7.42. The molecule has 2 nitrogen and oxygen atoms in total. The van der Waals surface area contributed by atoms with Gasteiger partial charge in [0, 0.05) is 23.7 Å². The van der Waals surface area contributed by atoms with Gasteiger partial charge in [0.25, 0.3) is 0 Å². The number of anilines is 1. The van der Waals surface area contributed by atoms with Crippen molar-refractivity contribution in [1.29, 1.82) is 0 Å². The Bertz CT molecular complexity index is 630. The summed E-state index contributed by atoms with van der Waals surface area (Å²) >= 11 is 0. The van der Waals surface area contributed by atoms with Crippen LogP contribution in [-0.4, -0.2) is 5.78 Å². The van der Waals surface area contributed by atoms with E-state index in [4.69, 9.17) is 0 Å². The molecular weight excluding hydrogens is 258 g/mol. The zero-order valence-corrected chi connectivity index (χ0v) is 13.2. The molecule has 0 heterocycles. The summed E-state index contributed by atoms with van der Waals surface area (Å²) in [6, 6.07) is 14.4. The van der Waals surface area contributed by atoms with E-state index in [2.05, 4.69) is 23.5 Å². The number of Topliss-reactive ketones (excluding diaryl/α,β-unsaturated/α-hetero) is 1. The van der Waals surface area contributed by atoms with E-state index in [0.717, 1.165) is 28.9 Å². The molecule has 0 aliphatic carbocycles. The third kappa shape index (κ3) is 3.72. The van der Waals surface area contributed by atoms with Gasteiger partial charge in [0.05, 0.1) is 0 Å². The van der Waals surface area contributed by atoms with Gasteiger partial charge in [-0.15, -0.1) is 0 Å². The number of carbonyl (C=O) groups is 1. The van der Waals surface area contributed by atoms with Crippen molar-refractivity contribution in [2.45, 2.75) is 34.2 Å². The molecule has 0 atom stereocenters. The lowest BCUT2D eigenvalue weighted by Gasteiger charge is -2.14. The van der Waals surface area contributed by atoms with Gasteiger partial charge in [0.2, 0.25) is 0 Å². The van der Waals surface area contributed by atoms with Crippen molar-refractivity contribution in [3.63, 3.8) is 0 Å². The monoisotopic (exact) mass is 281 g/mol. The van der Waals surface area contributed by atoms with Gasteiger partial charge in [0.15, 0.2) is 5.78 Å². The Kier molecular flexibility index (Phi) is 4.79. The van der Waals surface area contributed by atoms with E-state index < -0.39 is 0 Å². The molecule has 0 radical (unpaired) electrons. The maximum absolute atomic E-state index is 12.2. The highest BCUT2D eigenvalue weighted by molar-refractivity contribution is 5.99. The normalized spacial score (nSPS) is 10.7. The van der Waals surface area contributed by atoms with Crippen LogP contribution in [0.25, 0.3) is 0 Å². The molecular formula is C19H23NO. The van der Waals surface area contributed by atoms with Crippen molar-refractivity contribution >= 4 is 11.5 Å². The molecule has 0 amide bonds. The summed E-state index contributed by atoms with van der Waals surface area (Å²) < 4.78 is 0. The van der Waals surface area contributed by atoms with Crippen molar-refractivity contribution in [1.82, 2.24) is 0 Å². The molecule has 110 valence electrons. The predicted octanol–water partition coefficient (Wildman–Crippen LogP) is 4.75. The number of rotatable bonds is 5. The summed E-state index contributed by atoms with van der Waals surface area (Å²) in [5.74, 6) is 0.247. The van der Waals surface area contributed by atoms with E-state index in [1.54, 1.807) is 0 Å². The molecule has 2 aromatic rings. The van der Waals surface area contributed by atoms with Crippen molar-refractivity contribution in [2.24, 2.45) is 5.92 Å². The molecule has 1 N–H and O–H groups in total. The molecule has 0 bridgehead atoms. The number of benzene rings is 2. The Labute approximate surface area is 127 Å². The average molecular weight is 281 g/mol. The molecule has 0 unspecified atom stereocenters. The Morgan fingerprint density at radius 2 is 1.71 bits per heavy atom. The molecule has 0 aliphatic heterocycles. The molecule has 0 saturated heterocycles. The molecule has 0 aliphatic rings. The summed E-state index contributed by atoms with van der Waals surface area (Å²) in [5.41, 5.74) is 5.33. The SMILES string of the molecule is Cc1cc(C(=O)C(C)C)c(C)cc1NCc1ccccc1. The Morgan fingerprint density at radius 1 is 1.05 bits per heavy atom. The van der Waals surface area contributed by atoms with Crippen LogP contribution in [0.5, 0.6) is 0 Å². The zero-order valence-electron chi connectivity index (χ0n) is 13.2. The fourth-order valence-corrected chi connectivity index (χ4v) is 2.38. The van der Waals surface area contributed by atoms with Crippen LogP contribution in [0.3, 0.4) is 0 Å². The standard InChI is InChI=1S/C19H23NO/c1-13(2)19(21)17-10-15(4)18(11-14(17)3)20-12-16-8-6-5-7-9-16/h5-11,13,20H,12H2,1-4H3. The second kappa shape index (κ2) is 6.57. The first kappa shape index (κ1) is 15.3. The van der Waals surface area contributed by atoms with Crippen LogP contribution in [-0.2, 0) is 6.54 Å². The molecule has 0 saturated carbocycles. The van der Waals surface area contributed by atoms with E-state index in [1.165, 1.54) is 5.56 Å². The fourth-order valence-electron chi connectivity index (χ4n) is 2.38. The van der Waals surface area contributed by atoms with Gasteiger partial charge < -0.3 is 5.32 Å². The minimum absolute atomic E-state index is 0.0335. The topological polar surface area (TPSA) is 29.1 Å². The minimum Gasteiger partial charge on any atom is -0.381 e. The smallest absolute Gasteiger partial charge is 0.165 e. The van der Waals surface area contributed by atoms with Crippen LogP contribution in [0.1, 0.15) is 40.9 Å². The lowest BCUT2D eigenvalue weighted by atomic mass is 9.94. The highest BCUT2D eigenvalue weighted by Gasteiger charge is 2.14. The van der Waals surface area contributed by atoms with Gasteiger partial charge in [-0.1, -0.05) is 44.2 Å². The molecule has 2 aromatic carbocycles. The summed E-state index contributed by atoms with van der Waals surface area (Å²) in [7, 11) is 0. The van der Waals surface area contributed by atoms with Crippen LogP contribution in [0.4, 0.5) is 5.69 Å². The third-order valence-electron chi connectivity index (χ3n) is 3.69. The number of aryl methyl sites for hydroxylation is 2. The van der Waals surface area contributed by atoms with E-state index in [1.807, 2.05) is 52.0 Å². The Morgan fingerprint density at radius 3 is 2.33 bits per heavy atom. The number of ketones is 1. The van der Waals surface area contributed by atoms with E-state index in [9.17, 15) is 4.79 Å². The Balaban J connectivity index is 2.19. The second-order valence-corrected chi connectivity index (χ2v) is 5.84. The van der Waals surface area contributed by atoms with Crippen molar-refractivity contribution < 1.29 is 4.79 Å². The van der Waals surface area contributed by atoms with Crippen molar-refractivity contribution in [3.05, 3.63) is 64.7 Å². The van der Waals surface area contributed by atoms with Crippen LogP contribution in [0.15, 0.2) is 42.5 Å². The maximum atomic E-state index is 12.2. The fraction of sp³-hybridized carbons (Fsp3) is 0.316. The van der Waals surface area contributed by atoms with Crippen molar-refractivity contribution in [2.75, 3.05) is 5.32 Å². The number of carbonyl (C=O) groups excluding carboxylic acids is 1. The number of hydrogen-bond acceptors (Lipinski definition) is 2. The summed E-state index contributed by atoms with van der Waals surface area (Å²) in [5, 5.41) is 3.45. The van der Waals surface area contributed by atoms with E-state index in [-0.39, 0.29) is 11.7 Å². The van der Waals surface area contributed by atoms with Gasteiger partial charge in [-0.25, -0.2) is 0 Å². The highest BCUT2D eigenvalue weighted by Crippen LogP contribution is 2.23. The first-order chi connectivity index (χ1) is 9.99. The molecule has 0 aromatic heterocycles. The molecule has 2 heteroatoms. The lowest BCUT2D eigenvalue weighted by Crippen LogP contribution is -2.11. The largest absolute Gasteiger partial charge is 0.381 e. The van der Waals surface area contributed by atoms with Gasteiger partial charge in [-0.3, -0.25) is 4.79 Å². The van der Waals surface area contributed by atoms with Crippen LogP contribution in [0.2, 0.25) is 0 Å². The average Bonchev–Trinajstić information content (AvgIpc) is 2.48. The first-order valence-electron chi connectivity index (χ1n) is 7.42. The number of hydrogen-bond donors (Lipinski definition) is 1. The van der Waals surface area contributed by atoms with Crippen LogP contribution in [0, 0.1) is 19.8 Å². The molecule has 0 fully saturated rings. The Hall–Kier alpha value is -2.09. The molecule has 21 heavy (non-hydrogen) atoms. The quantitative estimate of drug-likeness (QED) is 0.801. The van der Waals surface area contributed by atoms with Gasteiger partial charge in [0.1, 0.15) is 0 Å². The van der Waals surface area contributed by atoms with Crippen molar-refractivity contribution in [3.8, 4) is 0 Å². The molecule has 2 rings (SSSR count). The maximum Gasteiger partial charge on any atom is 0.165 e. The molecule has 0 spiro atoms. The minimum atomic E-state index is 0.0335.